The predicted molar refractivity (Wildman–Crippen MR) is 70.9 cm³/mol. The summed E-state index contributed by atoms with van der Waals surface area (Å²) in [6, 6.07) is 6.93. The third-order valence-electron chi connectivity index (χ3n) is 3.90. The van der Waals surface area contributed by atoms with Crippen LogP contribution >= 0.6 is 11.6 Å². The molecule has 1 atom stereocenters. The van der Waals surface area contributed by atoms with E-state index in [0.29, 0.717) is 11.8 Å². The number of alkyl halides is 1. The molecule has 2 heteroatoms. The topological polar surface area (TPSA) is 0 Å². The van der Waals surface area contributed by atoms with Crippen molar-refractivity contribution in [1.82, 2.24) is 0 Å². The first-order valence-electron chi connectivity index (χ1n) is 6.60. The van der Waals surface area contributed by atoms with Crippen LogP contribution in [0, 0.1) is 17.7 Å². The highest BCUT2D eigenvalue weighted by atomic mass is 35.5. The van der Waals surface area contributed by atoms with Crippen molar-refractivity contribution in [3.63, 3.8) is 0 Å². The van der Waals surface area contributed by atoms with E-state index in [0.717, 1.165) is 17.9 Å². The molecule has 1 aliphatic carbocycles. The smallest absolute Gasteiger partial charge is 0.123 e. The lowest BCUT2D eigenvalue weighted by Gasteiger charge is -2.29. The maximum Gasteiger partial charge on any atom is 0.123 e. The number of benzene rings is 1. The Bertz CT molecular complexity index is 345. The highest BCUT2D eigenvalue weighted by Gasteiger charge is 2.23. The van der Waals surface area contributed by atoms with Crippen LogP contribution in [0.1, 0.15) is 37.7 Å². The van der Waals surface area contributed by atoms with E-state index in [2.05, 4.69) is 0 Å². The molecule has 0 saturated heterocycles. The normalized spacial score (nSPS) is 19.2. The molecule has 2 rings (SSSR count). The third kappa shape index (κ3) is 3.70. The molecule has 0 aliphatic heterocycles. The summed E-state index contributed by atoms with van der Waals surface area (Å²) in [5.41, 5.74) is 1.08. The molecule has 0 nitrogen and oxygen atoms in total. The van der Waals surface area contributed by atoms with Gasteiger partial charge in [-0.2, -0.15) is 0 Å². The van der Waals surface area contributed by atoms with Crippen LogP contribution in [0.2, 0.25) is 0 Å². The van der Waals surface area contributed by atoms with Crippen molar-refractivity contribution < 1.29 is 4.39 Å². The second kappa shape index (κ2) is 6.39. The van der Waals surface area contributed by atoms with Crippen molar-refractivity contribution in [2.45, 2.75) is 38.5 Å². The van der Waals surface area contributed by atoms with Crippen LogP contribution in [-0.2, 0) is 6.42 Å². The Balaban J connectivity index is 1.98. The van der Waals surface area contributed by atoms with Crippen molar-refractivity contribution in [2.24, 2.45) is 11.8 Å². The molecule has 1 aromatic carbocycles. The Hall–Kier alpha value is -0.560. The molecule has 0 amide bonds. The Morgan fingerprint density at radius 1 is 1.24 bits per heavy atom. The zero-order valence-corrected chi connectivity index (χ0v) is 10.9. The first-order valence-corrected chi connectivity index (χ1v) is 7.13. The molecule has 0 radical (unpaired) electrons. The van der Waals surface area contributed by atoms with Crippen molar-refractivity contribution >= 4 is 11.6 Å². The van der Waals surface area contributed by atoms with Gasteiger partial charge in [0.05, 0.1) is 0 Å². The fraction of sp³-hybridized carbons (Fsp3) is 0.600. The Labute approximate surface area is 108 Å². The maximum atomic E-state index is 13.1. The minimum atomic E-state index is -0.139. The lowest BCUT2D eigenvalue weighted by atomic mass is 9.78. The summed E-state index contributed by atoms with van der Waals surface area (Å²) in [6.07, 6.45) is 7.55. The van der Waals surface area contributed by atoms with Gasteiger partial charge in [-0.15, -0.1) is 11.6 Å². The fourth-order valence-corrected chi connectivity index (χ4v) is 3.28. The lowest BCUT2D eigenvalue weighted by Crippen LogP contribution is -2.21. The largest absolute Gasteiger partial charge is 0.207 e. The Morgan fingerprint density at radius 3 is 2.65 bits per heavy atom. The van der Waals surface area contributed by atoms with Gasteiger partial charge in [0.2, 0.25) is 0 Å². The van der Waals surface area contributed by atoms with Gasteiger partial charge in [-0.3, -0.25) is 0 Å². The second-order valence-corrected chi connectivity index (χ2v) is 5.46. The maximum absolute atomic E-state index is 13.1. The molecule has 1 aliphatic rings. The van der Waals surface area contributed by atoms with Crippen LogP contribution < -0.4 is 0 Å². The molecule has 0 aromatic heterocycles. The highest BCUT2D eigenvalue weighted by Crippen LogP contribution is 2.32. The van der Waals surface area contributed by atoms with Crippen LogP contribution in [-0.4, -0.2) is 5.88 Å². The number of hydrogen-bond acceptors (Lipinski definition) is 0. The van der Waals surface area contributed by atoms with Gasteiger partial charge in [0.25, 0.3) is 0 Å². The van der Waals surface area contributed by atoms with E-state index in [1.807, 2.05) is 6.07 Å². The molecule has 1 unspecified atom stereocenters. The van der Waals surface area contributed by atoms with E-state index in [9.17, 15) is 4.39 Å². The van der Waals surface area contributed by atoms with Gasteiger partial charge < -0.3 is 0 Å². The van der Waals surface area contributed by atoms with Gasteiger partial charge in [0.1, 0.15) is 5.82 Å². The molecular formula is C15H20ClF. The molecule has 1 fully saturated rings. The molecular weight excluding hydrogens is 235 g/mol. The van der Waals surface area contributed by atoms with Crippen LogP contribution in [0.3, 0.4) is 0 Å². The van der Waals surface area contributed by atoms with Crippen molar-refractivity contribution in [1.29, 1.82) is 0 Å². The van der Waals surface area contributed by atoms with Gasteiger partial charge >= 0.3 is 0 Å². The van der Waals surface area contributed by atoms with Crippen LogP contribution in [0.25, 0.3) is 0 Å². The minimum absolute atomic E-state index is 0.139. The van der Waals surface area contributed by atoms with Crippen LogP contribution in [0.15, 0.2) is 24.3 Å². The predicted octanol–water partition coefficient (Wildman–Crippen LogP) is 4.80. The summed E-state index contributed by atoms with van der Waals surface area (Å²) < 4.78 is 13.1. The average Bonchev–Trinajstić information content (AvgIpc) is 2.37. The standard InChI is InChI=1S/C15H20ClF/c16-11-14(13-6-2-1-3-7-13)9-12-5-4-8-15(17)10-12/h4-5,8,10,13-14H,1-3,6-7,9,11H2. The van der Waals surface area contributed by atoms with Crippen molar-refractivity contribution in [2.75, 3.05) is 5.88 Å². The molecule has 0 N–H and O–H groups in total. The minimum Gasteiger partial charge on any atom is -0.207 e. The molecule has 17 heavy (non-hydrogen) atoms. The summed E-state index contributed by atoms with van der Waals surface area (Å²) in [7, 11) is 0. The zero-order valence-electron chi connectivity index (χ0n) is 10.2. The van der Waals surface area contributed by atoms with Gasteiger partial charge in [-0.05, 0) is 36.0 Å². The van der Waals surface area contributed by atoms with Gasteiger partial charge in [-0.25, -0.2) is 4.39 Å². The summed E-state index contributed by atoms with van der Waals surface area (Å²) in [5, 5.41) is 0. The van der Waals surface area contributed by atoms with E-state index in [4.69, 9.17) is 11.6 Å². The van der Waals surface area contributed by atoms with Crippen molar-refractivity contribution in [3.8, 4) is 0 Å². The molecule has 0 bridgehead atoms. The number of hydrogen-bond donors (Lipinski definition) is 0. The average molecular weight is 255 g/mol. The fourth-order valence-electron chi connectivity index (χ4n) is 2.92. The van der Waals surface area contributed by atoms with Crippen LogP contribution in [0.5, 0.6) is 0 Å². The summed E-state index contributed by atoms with van der Waals surface area (Å²) >= 11 is 6.10. The molecule has 1 aromatic rings. The summed E-state index contributed by atoms with van der Waals surface area (Å²) in [5.74, 6) is 1.81. The van der Waals surface area contributed by atoms with Crippen molar-refractivity contribution in [3.05, 3.63) is 35.6 Å². The SMILES string of the molecule is Fc1cccc(CC(CCl)C2CCCCC2)c1. The zero-order chi connectivity index (χ0) is 12.1. The number of rotatable bonds is 4. The monoisotopic (exact) mass is 254 g/mol. The summed E-state index contributed by atoms with van der Waals surface area (Å²) in [6.45, 7) is 0. The quantitative estimate of drug-likeness (QED) is 0.677. The Kier molecular flexibility index (Phi) is 4.85. The van der Waals surface area contributed by atoms with Gasteiger partial charge in [0.15, 0.2) is 0 Å². The van der Waals surface area contributed by atoms with Crippen LogP contribution in [0.4, 0.5) is 4.39 Å². The van der Waals surface area contributed by atoms with E-state index in [1.54, 1.807) is 12.1 Å². The molecule has 0 spiro atoms. The Morgan fingerprint density at radius 2 is 2.00 bits per heavy atom. The lowest BCUT2D eigenvalue weighted by molar-refractivity contribution is 0.265. The summed E-state index contributed by atoms with van der Waals surface area (Å²) in [4.78, 5) is 0. The van der Waals surface area contributed by atoms with Gasteiger partial charge in [-0.1, -0.05) is 44.2 Å². The molecule has 0 heterocycles. The molecule has 1 saturated carbocycles. The highest BCUT2D eigenvalue weighted by molar-refractivity contribution is 6.18. The van der Waals surface area contributed by atoms with Gasteiger partial charge in [0, 0.05) is 5.88 Å². The van der Waals surface area contributed by atoms with E-state index in [-0.39, 0.29) is 5.82 Å². The van der Waals surface area contributed by atoms with E-state index in [1.165, 1.54) is 38.2 Å². The second-order valence-electron chi connectivity index (χ2n) is 5.15. The first kappa shape index (κ1) is 12.9. The first-order chi connectivity index (χ1) is 8.29. The number of halogens is 2. The van der Waals surface area contributed by atoms with E-state index < -0.39 is 0 Å². The third-order valence-corrected chi connectivity index (χ3v) is 4.30. The van der Waals surface area contributed by atoms with E-state index >= 15 is 0 Å². The molecule has 94 valence electrons.